The first-order valence-electron chi connectivity index (χ1n) is 7.53. The standard InChI is InChI=1S/C16H23BrFN3O.HI/c1-19-16(21(2)7-8-22-11-12-3-4-12)20-10-13-5-6-14(17)15(18)9-13;/h5-6,9,12H,3-4,7-8,10-11H2,1-2H3,(H,19,20);1H. The normalized spacial score (nSPS) is 14.3. The third-order valence-corrected chi connectivity index (χ3v) is 4.27. The van der Waals surface area contributed by atoms with Gasteiger partial charge in [-0.05, 0) is 52.4 Å². The van der Waals surface area contributed by atoms with Crippen LogP contribution in [0.4, 0.5) is 4.39 Å². The van der Waals surface area contributed by atoms with E-state index in [1.807, 2.05) is 18.0 Å². The van der Waals surface area contributed by atoms with Crippen LogP contribution >= 0.6 is 39.9 Å². The Bertz CT molecular complexity index is 526. The Morgan fingerprint density at radius 3 is 2.83 bits per heavy atom. The Labute approximate surface area is 163 Å². The smallest absolute Gasteiger partial charge is 0.193 e. The van der Waals surface area contributed by atoms with Gasteiger partial charge in [0.05, 0.1) is 11.1 Å². The van der Waals surface area contributed by atoms with Gasteiger partial charge in [-0.2, -0.15) is 0 Å². The SMILES string of the molecule is CN=C(NCc1ccc(Br)c(F)c1)N(C)CCOCC1CC1.I. The summed E-state index contributed by atoms with van der Waals surface area (Å²) in [7, 11) is 3.71. The molecule has 2 rings (SSSR count). The van der Waals surface area contributed by atoms with E-state index >= 15 is 0 Å². The van der Waals surface area contributed by atoms with Crippen LogP contribution in [-0.2, 0) is 11.3 Å². The van der Waals surface area contributed by atoms with Gasteiger partial charge in [0.1, 0.15) is 5.82 Å². The number of halogens is 3. The lowest BCUT2D eigenvalue weighted by Gasteiger charge is -2.22. The second-order valence-electron chi connectivity index (χ2n) is 5.59. The number of hydrogen-bond acceptors (Lipinski definition) is 2. The van der Waals surface area contributed by atoms with Crippen LogP contribution in [-0.4, -0.2) is 44.7 Å². The third-order valence-electron chi connectivity index (χ3n) is 3.63. The van der Waals surface area contributed by atoms with Crippen LogP contribution in [0, 0.1) is 11.7 Å². The van der Waals surface area contributed by atoms with E-state index in [-0.39, 0.29) is 29.8 Å². The summed E-state index contributed by atoms with van der Waals surface area (Å²) in [4.78, 5) is 6.26. The van der Waals surface area contributed by atoms with Crippen molar-refractivity contribution >= 4 is 45.9 Å². The van der Waals surface area contributed by atoms with Crippen LogP contribution in [0.2, 0.25) is 0 Å². The van der Waals surface area contributed by atoms with Gasteiger partial charge in [-0.3, -0.25) is 4.99 Å². The van der Waals surface area contributed by atoms with Crippen LogP contribution in [0.5, 0.6) is 0 Å². The van der Waals surface area contributed by atoms with E-state index < -0.39 is 0 Å². The highest BCUT2D eigenvalue weighted by Crippen LogP contribution is 2.28. The van der Waals surface area contributed by atoms with E-state index in [2.05, 4.69) is 26.2 Å². The predicted molar refractivity (Wildman–Crippen MR) is 106 cm³/mol. The number of benzene rings is 1. The first kappa shape index (κ1) is 20.6. The monoisotopic (exact) mass is 499 g/mol. The van der Waals surface area contributed by atoms with E-state index in [0.717, 1.165) is 30.6 Å². The maximum absolute atomic E-state index is 13.5. The Morgan fingerprint density at radius 2 is 2.22 bits per heavy atom. The van der Waals surface area contributed by atoms with E-state index in [4.69, 9.17) is 4.74 Å². The Balaban J connectivity index is 0.00000264. The molecule has 0 unspecified atom stereocenters. The van der Waals surface area contributed by atoms with Crippen molar-refractivity contribution in [3.8, 4) is 0 Å². The quantitative estimate of drug-likeness (QED) is 0.269. The van der Waals surface area contributed by atoms with E-state index in [0.29, 0.717) is 17.6 Å². The van der Waals surface area contributed by atoms with E-state index in [1.54, 1.807) is 13.1 Å². The molecule has 7 heteroatoms. The summed E-state index contributed by atoms with van der Waals surface area (Å²) >= 11 is 3.15. The van der Waals surface area contributed by atoms with Crippen LogP contribution < -0.4 is 5.32 Å². The van der Waals surface area contributed by atoms with Crippen molar-refractivity contribution in [2.45, 2.75) is 19.4 Å². The summed E-state index contributed by atoms with van der Waals surface area (Å²) in [6.45, 7) is 2.88. The second kappa shape index (κ2) is 10.5. The minimum atomic E-state index is -0.254. The van der Waals surface area contributed by atoms with Gasteiger partial charge in [-0.25, -0.2) is 4.39 Å². The lowest BCUT2D eigenvalue weighted by Crippen LogP contribution is -2.40. The van der Waals surface area contributed by atoms with E-state index in [9.17, 15) is 4.39 Å². The fraction of sp³-hybridized carbons (Fsp3) is 0.562. The molecule has 0 heterocycles. The molecule has 0 bridgehead atoms. The summed E-state index contributed by atoms with van der Waals surface area (Å²) in [6, 6.07) is 5.11. The minimum absolute atomic E-state index is 0. The number of nitrogens with zero attached hydrogens (tertiary/aromatic N) is 2. The third kappa shape index (κ3) is 7.34. The molecule has 0 aliphatic heterocycles. The summed E-state index contributed by atoms with van der Waals surface area (Å²) < 4.78 is 19.6. The van der Waals surface area contributed by atoms with Gasteiger partial charge in [0.15, 0.2) is 5.96 Å². The van der Waals surface area contributed by atoms with Crippen molar-refractivity contribution in [2.75, 3.05) is 33.9 Å². The van der Waals surface area contributed by atoms with Crippen LogP contribution in [0.15, 0.2) is 27.7 Å². The summed E-state index contributed by atoms with van der Waals surface area (Å²) in [5, 5.41) is 3.23. The molecule has 1 aliphatic carbocycles. The van der Waals surface area contributed by atoms with Gasteiger partial charge in [0.25, 0.3) is 0 Å². The fourth-order valence-corrected chi connectivity index (χ4v) is 2.30. The van der Waals surface area contributed by atoms with Gasteiger partial charge in [0.2, 0.25) is 0 Å². The summed E-state index contributed by atoms with van der Waals surface area (Å²) in [5.74, 6) is 1.31. The van der Waals surface area contributed by atoms with Crippen molar-refractivity contribution in [3.05, 3.63) is 34.1 Å². The Morgan fingerprint density at radius 1 is 1.48 bits per heavy atom. The predicted octanol–water partition coefficient (Wildman–Crippen LogP) is 3.64. The molecule has 23 heavy (non-hydrogen) atoms. The molecule has 1 N–H and O–H groups in total. The lowest BCUT2D eigenvalue weighted by atomic mass is 10.2. The van der Waals surface area contributed by atoms with Gasteiger partial charge < -0.3 is 15.0 Å². The van der Waals surface area contributed by atoms with Gasteiger partial charge in [0, 0.05) is 33.8 Å². The Hall–Kier alpha value is -0.410. The number of nitrogens with one attached hydrogen (secondary N) is 1. The number of rotatable bonds is 7. The molecule has 130 valence electrons. The maximum atomic E-state index is 13.5. The van der Waals surface area contributed by atoms with Crippen molar-refractivity contribution < 1.29 is 9.13 Å². The van der Waals surface area contributed by atoms with Crippen LogP contribution in [0.3, 0.4) is 0 Å². The highest BCUT2D eigenvalue weighted by Gasteiger charge is 2.21. The molecule has 1 fully saturated rings. The molecule has 0 spiro atoms. The minimum Gasteiger partial charge on any atom is -0.379 e. The number of hydrogen-bond donors (Lipinski definition) is 1. The van der Waals surface area contributed by atoms with Crippen molar-refractivity contribution in [2.24, 2.45) is 10.9 Å². The zero-order valence-electron chi connectivity index (χ0n) is 13.5. The first-order chi connectivity index (χ1) is 10.6. The molecular weight excluding hydrogens is 476 g/mol. The van der Waals surface area contributed by atoms with Crippen LogP contribution in [0.25, 0.3) is 0 Å². The van der Waals surface area contributed by atoms with Crippen molar-refractivity contribution in [1.29, 1.82) is 0 Å². The highest BCUT2D eigenvalue weighted by molar-refractivity contribution is 14.0. The van der Waals surface area contributed by atoms with E-state index in [1.165, 1.54) is 18.9 Å². The lowest BCUT2D eigenvalue weighted by molar-refractivity contribution is 0.115. The van der Waals surface area contributed by atoms with Crippen molar-refractivity contribution in [3.63, 3.8) is 0 Å². The van der Waals surface area contributed by atoms with Crippen LogP contribution in [0.1, 0.15) is 18.4 Å². The topological polar surface area (TPSA) is 36.9 Å². The zero-order chi connectivity index (χ0) is 15.9. The van der Waals surface area contributed by atoms with Gasteiger partial charge in [-0.15, -0.1) is 24.0 Å². The summed E-state index contributed by atoms with van der Waals surface area (Å²) in [5.41, 5.74) is 0.875. The maximum Gasteiger partial charge on any atom is 0.193 e. The highest BCUT2D eigenvalue weighted by atomic mass is 127. The molecule has 0 aromatic heterocycles. The van der Waals surface area contributed by atoms with Crippen molar-refractivity contribution in [1.82, 2.24) is 10.2 Å². The summed E-state index contributed by atoms with van der Waals surface area (Å²) in [6.07, 6.45) is 2.62. The molecule has 1 aliphatic rings. The Kier molecular flexibility index (Phi) is 9.38. The molecule has 4 nitrogen and oxygen atoms in total. The number of ether oxygens (including phenoxy) is 1. The molecule has 0 atom stereocenters. The zero-order valence-corrected chi connectivity index (χ0v) is 17.4. The fourth-order valence-electron chi connectivity index (χ4n) is 2.06. The average molecular weight is 500 g/mol. The molecule has 1 aromatic rings. The largest absolute Gasteiger partial charge is 0.379 e. The number of aliphatic imine (C=N–C) groups is 1. The molecule has 0 saturated heterocycles. The molecular formula is C16H24BrFIN3O. The number of likely N-dealkylation sites (N-methyl/N-ethyl adjacent to an activating group) is 1. The molecule has 0 amide bonds. The first-order valence-corrected chi connectivity index (χ1v) is 8.33. The molecule has 1 saturated carbocycles. The van der Waals surface area contributed by atoms with Gasteiger partial charge in [-0.1, -0.05) is 6.07 Å². The van der Waals surface area contributed by atoms with Gasteiger partial charge >= 0.3 is 0 Å². The second-order valence-corrected chi connectivity index (χ2v) is 6.44. The molecule has 1 aromatic carbocycles. The average Bonchev–Trinajstić information content (AvgIpc) is 3.32. The molecule has 0 radical (unpaired) electrons. The number of guanidine groups is 1.